The third-order valence-electron chi connectivity index (χ3n) is 3.60. The first-order valence-corrected chi connectivity index (χ1v) is 5.74. The van der Waals surface area contributed by atoms with E-state index in [1.807, 2.05) is 6.92 Å². The molecule has 1 fully saturated rings. The first-order chi connectivity index (χ1) is 7.99. The Morgan fingerprint density at radius 3 is 2.59 bits per heavy atom. The minimum absolute atomic E-state index is 0.0187. The molecule has 0 heterocycles. The zero-order valence-electron chi connectivity index (χ0n) is 10.6. The predicted molar refractivity (Wildman–Crippen MR) is 63.8 cm³/mol. The summed E-state index contributed by atoms with van der Waals surface area (Å²) in [6, 6.07) is -0.0310. The number of oxime groups is 1. The Hall–Kier alpha value is -1.30. The number of hydrogen-bond acceptors (Lipinski definition) is 4. The Bertz CT molecular complexity index is 313. The van der Waals surface area contributed by atoms with Crippen LogP contribution < -0.4 is 5.73 Å². The summed E-state index contributed by atoms with van der Waals surface area (Å²) in [6.07, 6.45) is 2.21. The molecule has 98 valence electrons. The van der Waals surface area contributed by atoms with Gasteiger partial charge in [-0.3, -0.25) is 4.79 Å². The van der Waals surface area contributed by atoms with Gasteiger partial charge in [0.15, 0.2) is 5.84 Å². The second-order valence-electron chi connectivity index (χ2n) is 4.64. The van der Waals surface area contributed by atoms with Gasteiger partial charge in [-0.2, -0.15) is 0 Å². The lowest BCUT2D eigenvalue weighted by Crippen LogP contribution is -2.56. The maximum Gasteiger partial charge on any atom is 0.236 e. The number of nitrogens with zero attached hydrogens (tertiary/aromatic N) is 2. The van der Waals surface area contributed by atoms with Gasteiger partial charge in [-0.15, -0.1) is 0 Å². The fraction of sp³-hybridized carbons (Fsp3) is 0.818. The summed E-state index contributed by atoms with van der Waals surface area (Å²) in [4.78, 5) is 14.0. The van der Waals surface area contributed by atoms with Crippen molar-refractivity contribution in [2.75, 3.05) is 20.8 Å². The normalized spacial score (nSPS) is 20.5. The molecule has 0 aromatic rings. The van der Waals surface area contributed by atoms with Crippen LogP contribution in [0.1, 0.15) is 26.2 Å². The maximum atomic E-state index is 12.4. The number of rotatable bonds is 5. The van der Waals surface area contributed by atoms with Crippen LogP contribution in [0.2, 0.25) is 0 Å². The average molecular weight is 243 g/mol. The van der Waals surface area contributed by atoms with Crippen LogP contribution in [0.4, 0.5) is 0 Å². The highest BCUT2D eigenvalue weighted by atomic mass is 16.5. The van der Waals surface area contributed by atoms with Crippen LogP contribution >= 0.6 is 0 Å². The van der Waals surface area contributed by atoms with Crippen molar-refractivity contribution in [2.24, 2.45) is 16.3 Å². The van der Waals surface area contributed by atoms with Crippen molar-refractivity contribution in [2.45, 2.75) is 32.2 Å². The van der Waals surface area contributed by atoms with E-state index >= 15 is 0 Å². The third-order valence-corrected chi connectivity index (χ3v) is 3.60. The van der Waals surface area contributed by atoms with E-state index in [1.165, 1.54) is 0 Å². The molecule has 0 saturated heterocycles. The van der Waals surface area contributed by atoms with Gasteiger partial charge in [-0.05, 0) is 19.8 Å². The number of amides is 1. The predicted octanol–water partition coefficient (Wildman–Crippen LogP) is 0.396. The van der Waals surface area contributed by atoms with Gasteiger partial charge in [0.05, 0.1) is 12.6 Å². The van der Waals surface area contributed by atoms with Gasteiger partial charge >= 0.3 is 0 Å². The summed E-state index contributed by atoms with van der Waals surface area (Å²) in [5.41, 5.74) is 4.85. The first-order valence-electron chi connectivity index (χ1n) is 5.74. The van der Waals surface area contributed by atoms with Gasteiger partial charge < -0.3 is 20.6 Å². The largest absolute Gasteiger partial charge is 0.409 e. The topological polar surface area (TPSA) is 88.2 Å². The molecule has 1 atom stereocenters. The van der Waals surface area contributed by atoms with Gasteiger partial charge in [0.2, 0.25) is 5.91 Å². The molecule has 0 aromatic heterocycles. The smallest absolute Gasteiger partial charge is 0.236 e. The molecule has 1 saturated carbocycles. The molecule has 1 aliphatic carbocycles. The number of carbonyl (C=O) groups is 1. The number of hydrogen-bond donors (Lipinski definition) is 2. The molecule has 1 amide bonds. The number of methoxy groups -OCH3 is 1. The van der Waals surface area contributed by atoms with E-state index in [-0.39, 0.29) is 17.8 Å². The molecule has 17 heavy (non-hydrogen) atoms. The Balaban J connectivity index is 2.80. The standard InChI is InChI=1S/C11H21N3O3/c1-8(7-17-3)14(2)10(15)11(5-4-6-11)9(12)13-16/h8,16H,4-7H2,1-3H3,(H2,12,13). The van der Waals surface area contributed by atoms with Crippen LogP contribution in [0.5, 0.6) is 0 Å². The summed E-state index contributed by atoms with van der Waals surface area (Å²) in [6.45, 7) is 2.37. The molecular weight excluding hydrogens is 222 g/mol. The molecule has 0 radical (unpaired) electrons. The van der Waals surface area contributed by atoms with Crippen molar-refractivity contribution in [1.29, 1.82) is 0 Å². The van der Waals surface area contributed by atoms with Gasteiger partial charge in [0, 0.05) is 14.2 Å². The lowest BCUT2D eigenvalue weighted by Gasteiger charge is -2.42. The van der Waals surface area contributed by atoms with Crippen LogP contribution in [0.25, 0.3) is 0 Å². The molecule has 6 nitrogen and oxygen atoms in total. The zero-order valence-corrected chi connectivity index (χ0v) is 10.6. The van der Waals surface area contributed by atoms with Crippen LogP contribution in [0, 0.1) is 5.41 Å². The summed E-state index contributed by atoms with van der Waals surface area (Å²) in [5, 5.41) is 11.8. The lowest BCUT2D eigenvalue weighted by atomic mass is 9.66. The molecule has 6 heteroatoms. The van der Waals surface area contributed by atoms with Gasteiger partial charge in [0.1, 0.15) is 5.41 Å². The summed E-state index contributed by atoms with van der Waals surface area (Å²) in [7, 11) is 3.31. The second-order valence-corrected chi connectivity index (χ2v) is 4.64. The van der Waals surface area contributed by atoms with E-state index in [2.05, 4.69) is 5.16 Å². The van der Waals surface area contributed by atoms with E-state index in [0.29, 0.717) is 19.4 Å². The molecule has 0 aromatic carbocycles. The molecule has 0 aliphatic heterocycles. The van der Waals surface area contributed by atoms with Crippen LogP contribution in [0.3, 0.4) is 0 Å². The Morgan fingerprint density at radius 2 is 2.24 bits per heavy atom. The van der Waals surface area contributed by atoms with E-state index < -0.39 is 5.41 Å². The van der Waals surface area contributed by atoms with E-state index in [0.717, 1.165) is 6.42 Å². The monoisotopic (exact) mass is 243 g/mol. The van der Waals surface area contributed by atoms with Crippen molar-refractivity contribution >= 4 is 11.7 Å². The van der Waals surface area contributed by atoms with Crippen molar-refractivity contribution in [3.8, 4) is 0 Å². The summed E-state index contributed by atoms with van der Waals surface area (Å²) in [5.74, 6) is -0.0752. The van der Waals surface area contributed by atoms with Crippen molar-refractivity contribution in [1.82, 2.24) is 4.90 Å². The zero-order chi connectivity index (χ0) is 13.1. The van der Waals surface area contributed by atoms with Crippen molar-refractivity contribution in [3.05, 3.63) is 0 Å². The minimum Gasteiger partial charge on any atom is -0.409 e. The third kappa shape index (κ3) is 2.36. The van der Waals surface area contributed by atoms with Gasteiger partial charge in [0.25, 0.3) is 0 Å². The van der Waals surface area contributed by atoms with Crippen molar-refractivity contribution in [3.63, 3.8) is 0 Å². The van der Waals surface area contributed by atoms with Crippen LogP contribution in [0.15, 0.2) is 5.16 Å². The molecular formula is C11H21N3O3. The Morgan fingerprint density at radius 1 is 1.65 bits per heavy atom. The fourth-order valence-electron chi connectivity index (χ4n) is 2.10. The molecule has 0 spiro atoms. The highest BCUT2D eigenvalue weighted by Gasteiger charge is 2.50. The molecule has 3 N–H and O–H groups in total. The van der Waals surface area contributed by atoms with Gasteiger partial charge in [-0.25, -0.2) is 0 Å². The molecule has 1 aliphatic rings. The minimum atomic E-state index is -0.800. The number of ether oxygens (including phenoxy) is 1. The highest BCUT2D eigenvalue weighted by Crippen LogP contribution is 2.42. The van der Waals surface area contributed by atoms with Crippen molar-refractivity contribution < 1.29 is 14.7 Å². The van der Waals surface area contributed by atoms with E-state index in [9.17, 15) is 4.79 Å². The average Bonchev–Trinajstić information content (AvgIpc) is 2.26. The highest BCUT2D eigenvalue weighted by molar-refractivity contribution is 6.07. The molecule has 1 rings (SSSR count). The fourth-order valence-corrected chi connectivity index (χ4v) is 2.10. The SMILES string of the molecule is COCC(C)N(C)C(=O)C1(C(N)=NO)CCC1. The molecule has 1 unspecified atom stereocenters. The Labute approximate surface area is 101 Å². The number of nitrogens with two attached hydrogens (primary N) is 1. The molecule has 0 bridgehead atoms. The quantitative estimate of drug-likeness (QED) is 0.316. The van der Waals surface area contributed by atoms with Crippen LogP contribution in [-0.4, -0.2) is 48.7 Å². The summed E-state index contributed by atoms with van der Waals surface area (Å²) < 4.78 is 5.02. The maximum absolute atomic E-state index is 12.4. The summed E-state index contributed by atoms with van der Waals surface area (Å²) >= 11 is 0. The number of likely N-dealkylation sites (N-methyl/N-ethyl adjacent to an activating group) is 1. The second kappa shape index (κ2) is 5.35. The first kappa shape index (κ1) is 13.8. The Kier molecular flexibility index (Phi) is 4.34. The lowest BCUT2D eigenvalue weighted by molar-refractivity contribution is -0.143. The van der Waals surface area contributed by atoms with E-state index in [4.69, 9.17) is 15.7 Å². The van der Waals surface area contributed by atoms with Gasteiger partial charge in [-0.1, -0.05) is 11.6 Å². The van der Waals surface area contributed by atoms with E-state index in [1.54, 1.807) is 19.1 Å². The van der Waals surface area contributed by atoms with Crippen LogP contribution in [-0.2, 0) is 9.53 Å². The number of amidine groups is 1. The number of carbonyl (C=O) groups excluding carboxylic acids is 1.